The zero-order valence-corrected chi connectivity index (χ0v) is 14.1. The van der Waals surface area contributed by atoms with Crippen LogP contribution in [0.2, 0.25) is 0 Å². The van der Waals surface area contributed by atoms with E-state index in [-0.39, 0.29) is 11.8 Å². The average Bonchev–Trinajstić information content (AvgIpc) is 2.57. The lowest BCUT2D eigenvalue weighted by molar-refractivity contribution is -0.118. The van der Waals surface area contributed by atoms with Crippen LogP contribution in [-0.4, -0.2) is 18.4 Å². The highest BCUT2D eigenvalue weighted by Gasteiger charge is 2.23. The maximum atomic E-state index is 12.4. The van der Waals surface area contributed by atoms with Crippen molar-refractivity contribution >= 4 is 23.2 Å². The minimum Gasteiger partial charge on any atom is -0.322 e. The molecule has 1 aliphatic rings. The van der Waals surface area contributed by atoms with Crippen LogP contribution >= 0.6 is 0 Å². The van der Waals surface area contributed by atoms with Gasteiger partial charge in [0.05, 0.1) is 0 Å². The lowest BCUT2D eigenvalue weighted by Crippen LogP contribution is -2.35. The molecule has 0 spiro atoms. The summed E-state index contributed by atoms with van der Waals surface area (Å²) in [6, 6.07) is 13.3. The first kappa shape index (κ1) is 16.2. The second-order valence-electron chi connectivity index (χ2n) is 6.21. The molecular weight excluding hydrogens is 300 g/mol. The van der Waals surface area contributed by atoms with Crippen LogP contribution in [0.25, 0.3) is 0 Å². The van der Waals surface area contributed by atoms with Gasteiger partial charge in [-0.3, -0.25) is 9.59 Å². The summed E-state index contributed by atoms with van der Waals surface area (Å²) < 4.78 is 0. The number of amides is 2. The second-order valence-corrected chi connectivity index (χ2v) is 6.21. The average molecular weight is 322 g/mol. The third-order valence-electron chi connectivity index (χ3n) is 4.26. The Morgan fingerprint density at radius 3 is 2.75 bits per heavy atom. The van der Waals surface area contributed by atoms with Crippen molar-refractivity contribution in [3.63, 3.8) is 0 Å². The van der Waals surface area contributed by atoms with Crippen molar-refractivity contribution in [3.05, 3.63) is 59.2 Å². The van der Waals surface area contributed by atoms with Gasteiger partial charge in [-0.2, -0.15) is 0 Å². The number of fused-ring (bicyclic) bond motifs is 1. The Kier molecular flexibility index (Phi) is 4.65. The van der Waals surface area contributed by atoms with E-state index in [9.17, 15) is 9.59 Å². The molecule has 2 amide bonds. The standard InChI is InChI=1S/C20H22N2O2/c1-3-11-22-18-9-8-17(13-15(18)7-10-19(22)23)21-20(24)16-6-4-5-14(2)12-16/h4-6,8-9,12-13H,3,7,10-11H2,1-2H3,(H,21,24). The molecule has 0 saturated heterocycles. The van der Waals surface area contributed by atoms with Crippen molar-refractivity contribution < 1.29 is 9.59 Å². The summed E-state index contributed by atoms with van der Waals surface area (Å²) in [6.07, 6.45) is 2.18. The number of hydrogen-bond acceptors (Lipinski definition) is 2. The molecule has 2 aromatic rings. The summed E-state index contributed by atoms with van der Waals surface area (Å²) in [4.78, 5) is 26.3. The van der Waals surface area contributed by atoms with Gasteiger partial charge in [0, 0.05) is 29.9 Å². The molecule has 0 unspecified atom stereocenters. The van der Waals surface area contributed by atoms with E-state index in [1.807, 2.05) is 54.3 Å². The maximum absolute atomic E-state index is 12.4. The zero-order chi connectivity index (χ0) is 17.1. The third-order valence-corrected chi connectivity index (χ3v) is 4.26. The van der Waals surface area contributed by atoms with Crippen LogP contribution in [0, 0.1) is 6.92 Å². The summed E-state index contributed by atoms with van der Waals surface area (Å²) in [7, 11) is 0. The highest BCUT2D eigenvalue weighted by Crippen LogP contribution is 2.30. The first-order chi connectivity index (χ1) is 11.6. The van der Waals surface area contributed by atoms with E-state index in [2.05, 4.69) is 12.2 Å². The minimum absolute atomic E-state index is 0.115. The van der Waals surface area contributed by atoms with Gasteiger partial charge in [0.2, 0.25) is 5.91 Å². The van der Waals surface area contributed by atoms with Gasteiger partial charge >= 0.3 is 0 Å². The largest absolute Gasteiger partial charge is 0.322 e. The van der Waals surface area contributed by atoms with Crippen LogP contribution < -0.4 is 10.2 Å². The lowest BCUT2D eigenvalue weighted by atomic mass is 10.00. The molecule has 4 heteroatoms. The van der Waals surface area contributed by atoms with Gasteiger partial charge in [-0.25, -0.2) is 0 Å². The van der Waals surface area contributed by atoms with Gasteiger partial charge in [-0.15, -0.1) is 0 Å². The molecule has 0 fully saturated rings. The van der Waals surface area contributed by atoms with Gasteiger partial charge < -0.3 is 10.2 Å². The smallest absolute Gasteiger partial charge is 0.255 e. The van der Waals surface area contributed by atoms with Gasteiger partial charge in [-0.1, -0.05) is 24.6 Å². The van der Waals surface area contributed by atoms with Crippen LogP contribution in [0.15, 0.2) is 42.5 Å². The van der Waals surface area contributed by atoms with Crippen LogP contribution in [-0.2, 0) is 11.2 Å². The SMILES string of the molecule is CCCN1C(=O)CCc2cc(NC(=O)c3cccc(C)c3)ccc21. The molecule has 3 rings (SSSR count). The molecular formula is C20H22N2O2. The van der Waals surface area contributed by atoms with E-state index in [0.29, 0.717) is 12.0 Å². The van der Waals surface area contributed by atoms with Crippen LogP contribution in [0.4, 0.5) is 11.4 Å². The molecule has 0 aliphatic carbocycles. The highest BCUT2D eigenvalue weighted by atomic mass is 16.2. The zero-order valence-electron chi connectivity index (χ0n) is 14.1. The number of rotatable bonds is 4. The number of anilines is 2. The third kappa shape index (κ3) is 3.32. The topological polar surface area (TPSA) is 49.4 Å². The Morgan fingerprint density at radius 2 is 2.00 bits per heavy atom. The Hall–Kier alpha value is -2.62. The maximum Gasteiger partial charge on any atom is 0.255 e. The van der Waals surface area contributed by atoms with Gasteiger partial charge in [0.1, 0.15) is 0 Å². The molecule has 2 aromatic carbocycles. The van der Waals surface area contributed by atoms with Crippen molar-refractivity contribution in [2.24, 2.45) is 0 Å². The molecule has 4 nitrogen and oxygen atoms in total. The number of nitrogens with zero attached hydrogens (tertiary/aromatic N) is 1. The van der Waals surface area contributed by atoms with Crippen molar-refractivity contribution in [1.82, 2.24) is 0 Å². The first-order valence-corrected chi connectivity index (χ1v) is 8.40. The molecule has 0 atom stereocenters. The number of benzene rings is 2. The Balaban J connectivity index is 1.81. The molecule has 24 heavy (non-hydrogen) atoms. The van der Waals surface area contributed by atoms with Crippen molar-refractivity contribution in [3.8, 4) is 0 Å². The van der Waals surface area contributed by atoms with E-state index in [1.165, 1.54) is 0 Å². The highest BCUT2D eigenvalue weighted by molar-refractivity contribution is 6.05. The fraction of sp³-hybridized carbons (Fsp3) is 0.300. The van der Waals surface area contributed by atoms with E-state index in [4.69, 9.17) is 0 Å². The van der Waals surface area contributed by atoms with Crippen molar-refractivity contribution in [2.45, 2.75) is 33.1 Å². The normalized spacial score (nSPS) is 13.6. The monoisotopic (exact) mass is 322 g/mol. The van der Waals surface area contributed by atoms with Gasteiger partial charge in [0.15, 0.2) is 0 Å². The molecule has 0 aromatic heterocycles. The Labute approximate surface area is 142 Å². The summed E-state index contributed by atoms with van der Waals surface area (Å²) in [5.41, 5.74) is 4.56. The summed E-state index contributed by atoms with van der Waals surface area (Å²) in [5, 5.41) is 2.95. The van der Waals surface area contributed by atoms with Crippen LogP contribution in [0.5, 0.6) is 0 Å². The molecule has 1 N–H and O–H groups in total. The molecule has 0 bridgehead atoms. The molecule has 1 heterocycles. The van der Waals surface area contributed by atoms with Crippen molar-refractivity contribution in [2.75, 3.05) is 16.8 Å². The van der Waals surface area contributed by atoms with Gasteiger partial charge in [-0.05, 0) is 55.7 Å². The number of hydrogen-bond donors (Lipinski definition) is 1. The summed E-state index contributed by atoms with van der Waals surface area (Å²) >= 11 is 0. The molecule has 0 radical (unpaired) electrons. The number of nitrogens with one attached hydrogen (secondary N) is 1. The quantitative estimate of drug-likeness (QED) is 0.927. The fourth-order valence-corrected chi connectivity index (χ4v) is 3.10. The second kappa shape index (κ2) is 6.87. The molecule has 1 aliphatic heterocycles. The molecule has 0 saturated carbocycles. The van der Waals surface area contributed by atoms with Crippen LogP contribution in [0.1, 0.15) is 41.3 Å². The van der Waals surface area contributed by atoms with E-state index < -0.39 is 0 Å². The van der Waals surface area contributed by atoms with E-state index >= 15 is 0 Å². The predicted molar refractivity (Wildman–Crippen MR) is 96.5 cm³/mol. The lowest BCUT2D eigenvalue weighted by Gasteiger charge is -2.29. The summed E-state index contributed by atoms with van der Waals surface area (Å²) in [5.74, 6) is 0.0665. The van der Waals surface area contributed by atoms with E-state index in [0.717, 1.165) is 41.9 Å². The Bertz CT molecular complexity index is 783. The number of carbonyl (C=O) groups excluding carboxylic acids is 2. The Morgan fingerprint density at radius 1 is 1.17 bits per heavy atom. The summed E-state index contributed by atoms with van der Waals surface area (Å²) in [6.45, 7) is 4.77. The molecule has 124 valence electrons. The number of carbonyl (C=O) groups is 2. The number of aryl methyl sites for hydroxylation is 2. The predicted octanol–water partition coefficient (Wildman–Crippen LogP) is 3.94. The first-order valence-electron chi connectivity index (χ1n) is 8.40. The fourth-order valence-electron chi connectivity index (χ4n) is 3.10. The minimum atomic E-state index is -0.115. The van der Waals surface area contributed by atoms with E-state index in [1.54, 1.807) is 0 Å². The van der Waals surface area contributed by atoms with Crippen LogP contribution in [0.3, 0.4) is 0 Å². The van der Waals surface area contributed by atoms with Gasteiger partial charge in [0.25, 0.3) is 5.91 Å². The van der Waals surface area contributed by atoms with Crippen molar-refractivity contribution in [1.29, 1.82) is 0 Å².